The lowest BCUT2D eigenvalue weighted by Crippen LogP contribution is -2.20. The van der Waals surface area contributed by atoms with E-state index >= 15 is 0 Å². The Kier molecular flexibility index (Phi) is 4.35. The summed E-state index contributed by atoms with van der Waals surface area (Å²) in [7, 11) is 0. The molecule has 0 unspecified atom stereocenters. The van der Waals surface area contributed by atoms with E-state index in [9.17, 15) is 0 Å². The number of benzene rings is 2. The van der Waals surface area contributed by atoms with E-state index in [1.807, 2.05) is 42.5 Å². The van der Waals surface area contributed by atoms with Crippen LogP contribution in [0.4, 0.5) is 0 Å². The molecule has 0 amide bonds. The third-order valence-corrected chi connectivity index (χ3v) is 4.19. The van der Waals surface area contributed by atoms with Gasteiger partial charge in [-0.1, -0.05) is 24.3 Å². The van der Waals surface area contributed by atoms with Gasteiger partial charge in [0.25, 0.3) is 0 Å². The Morgan fingerprint density at radius 2 is 1.88 bits per heavy atom. The molecular weight excluding hydrogens is 316 g/mol. The van der Waals surface area contributed by atoms with Gasteiger partial charge in [0.05, 0.1) is 12.2 Å². The zero-order valence-corrected chi connectivity index (χ0v) is 14.1. The summed E-state index contributed by atoms with van der Waals surface area (Å²) in [6, 6.07) is 16.2. The van der Waals surface area contributed by atoms with Crippen molar-refractivity contribution in [2.75, 3.05) is 13.2 Å². The van der Waals surface area contributed by atoms with Crippen LogP contribution in [0.25, 0.3) is 5.69 Å². The minimum Gasteiger partial charge on any atom is -0.486 e. The molecule has 1 aromatic heterocycles. The normalized spacial score (nSPS) is 14.3. The highest BCUT2D eigenvalue weighted by Gasteiger charge is 2.14. The highest BCUT2D eigenvalue weighted by Crippen LogP contribution is 2.32. The first-order valence-corrected chi connectivity index (χ1v) is 8.38. The van der Waals surface area contributed by atoms with E-state index in [0.29, 0.717) is 19.8 Å². The van der Waals surface area contributed by atoms with E-state index in [2.05, 4.69) is 28.4 Å². The summed E-state index contributed by atoms with van der Waals surface area (Å²) in [5, 5.41) is 7.97. The van der Waals surface area contributed by atoms with Crippen molar-refractivity contribution in [2.45, 2.75) is 19.5 Å². The van der Waals surface area contributed by atoms with E-state index in [0.717, 1.165) is 28.6 Å². The third-order valence-electron chi connectivity index (χ3n) is 4.19. The van der Waals surface area contributed by atoms with Crippen LogP contribution >= 0.6 is 0 Å². The molecular formula is C19H20N4O2. The van der Waals surface area contributed by atoms with Gasteiger partial charge in [-0.2, -0.15) is 0 Å². The van der Waals surface area contributed by atoms with Crippen molar-refractivity contribution in [1.82, 2.24) is 20.1 Å². The molecule has 3 aromatic rings. The molecule has 0 saturated heterocycles. The maximum absolute atomic E-state index is 5.65. The van der Waals surface area contributed by atoms with Crippen LogP contribution in [0.3, 0.4) is 0 Å². The SMILES string of the molecule is C[C@H](NCc1ncn(-c2ccccc2)n1)c1ccc2c(c1)OCCO2. The van der Waals surface area contributed by atoms with Crippen molar-refractivity contribution < 1.29 is 9.47 Å². The maximum atomic E-state index is 5.65. The van der Waals surface area contributed by atoms with Gasteiger partial charge in [0.1, 0.15) is 19.5 Å². The number of hydrogen-bond donors (Lipinski definition) is 1. The van der Waals surface area contributed by atoms with Gasteiger partial charge in [0, 0.05) is 6.04 Å². The van der Waals surface area contributed by atoms with Crippen LogP contribution in [0.5, 0.6) is 11.5 Å². The Morgan fingerprint density at radius 3 is 2.72 bits per heavy atom. The number of nitrogens with zero attached hydrogens (tertiary/aromatic N) is 3. The first-order chi connectivity index (χ1) is 12.3. The van der Waals surface area contributed by atoms with E-state index in [4.69, 9.17) is 9.47 Å². The highest BCUT2D eigenvalue weighted by atomic mass is 16.6. The number of fused-ring (bicyclic) bond motifs is 1. The number of aromatic nitrogens is 3. The standard InChI is InChI=1S/C19H20N4O2/c1-14(15-7-8-17-18(11-15)25-10-9-24-17)20-12-19-21-13-23(22-19)16-5-3-2-4-6-16/h2-8,11,13-14,20H,9-10,12H2,1H3/t14-/m0/s1. The van der Waals surface area contributed by atoms with E-state index in [1.165, 1.54) is 0 Å². The number of nitrogens with one attached hydrogen (secondary N) is 1. The molecule has 0 saturated carbocycles. The molecule has 1 aliphatic rings. The molecule has 1 aliphatic heterocycles. The van der Waals surface area contributed by atoms with Crippen molar-refractivity contribution in [3.8, 4) is 17.2 Å². The predicted molar refractivity (Wildman–Crippen MR) is 94.0 cm³/mol. The van der Waals surface area contributed by atoms with Crippen LogP contribution in [0.15, 0.2) is 54.9 Å². The smallest absolute Gasteiger partial charge is 0.164 e. The molecule has 4 rings (SSSR count). The second-order valence-corrected chi connectivity index (χ2v) is 5.95. The quantitative estimate of drug-likeness (QED) is 0.776. The van der Waals surface area contributed by atoms with Crippen LogP contribution in [0.2, 0.25) is 0 Å². The summed E-state index contributed by atoms with van der Waals surface area (Å²) in [5.74, 6) is 2.38. The fourth-order valence-corrected chi connectivity index (χ4v) is 2.77. The first kappa shape index (κ1) is 15.7. The second-order valence-electron chi connectivity index (χ2n) is 5.95. The summed E-state index contributed by atoms with van der Waals surface area (Å²) >= 11 is 0. The zero-order chi connectivity index (χ0) is 17.1. The number of hydrogen-bond acceptors (Lipinski definition) is 5. The summed E-state index contributed by atoms with van der Waals surface area (Å²) in [6.45, 7) is 3.91. The second kappa shape index (κ2) is 6.94. The van der Waals surface area contributed by atoms with Crippen LogP contribution in [-0.2, 0) is 6.54 Å². The summed E-state index contributed by atoms with van der Waals surface area (Å²) in [5.41, 5.74) is 2.15. The Balaban J connectivity index is 1.40. The molecule has 1 N–H and O–H groups in total. The lowest BCUT2D eigenvalue weighted by atomic mass is 10.1. The monoisotopic (exact) mass is 336 g/mol. The number of ether oxygens (including phenoxy) is 2. The van der Waals surface area contributed by atoms with E-state index in [1.54, 1.807) is 11.0 Å². The van der Waals surface area contributed by atoms with Gasteiger partial charge in [-0.15, -0.1) is 5.10 Å². The molecule has 0 bridgehead atoms. The van der Waals surface area contributed by atoms with E-state index < -0.39 is 0 Å². The Morgan fingerprint density at radius 1 is 1.08 bits per heavy atom. The maximum Gasteiger partial charge on any atom is 0.164 e. The fraction of sp³-hybridized carbons (Fsp3) is 0.263. The average molecular weight is 336 g/mol. The van der Waals surface area contributed by atoms with Gasteiger partial charge in [-0.3, -0.25) is 0 Å². The fourth-order valence-electron chi connectivity index (χ4n) is 2.77. The Labute approximate surface area is 146 Å². The van der Waals surface area contributed by atoms with Gasteiger partial charge in [-0.05, 0) is 36.8 Å². The lowest BCUT2D eigenvalue weighted by molar-refractivity contribution is 0.171. The molecule has 6 nitrogen and oxygen atoms in total. The Hall–Kier alpha value is -2.86. The van der Waals surface area contributed by atoms with Crippen LogP contribution in [0.1, 0.15) is 24.4 Å². The van der Waals surface area contributed by atoms with Crippen molar-refractivity contribution >= 4 is 0 Å². The summed E-state index contributed by atoms with van der Waals surface area (Å²) < 4.78 is 13.0. The van der Waals surface area contributed by atoms with Crippen molar-refractivity contribution in [3.63, 3.8) is 0 Å². The van der Waals surface area contributed by atoms with Gasteiger partial charge < -0.3 is 14.8 Å². The largest absolute Gasteiger partial charge is 0.486 e. The van der Waals surface area contributed by atoms with Gasteiger partial charge >= 0.3 is 0 Å². The predicted octanol–water partition coefficient (Wildman–Crippen LogP) is 2.89. The van der Waals surface area contributed by atoms with Gasteiger partial charge in [0.2, 0.25) is 0 Å². The third kappa shape index (κ3) is 3.49. The molecule has 0 spiro atoms. The topological polar surface area (TPSA) is 61.2 Å². The van der Waals surface area contributed by atoms with E-state index in [-0.39, 0.29) is 6.04 Å². The minimum absolute atomic E-state index is 0.152. The summed E-state index contributed by atoms with van der Waals surface area (Å²) in [6.07, 6.45) is 1.74. The number of para-hydroxylation sites is 1. The first-order valence-electron chi connectivity index (χ1n) is 8.38. The van der Waals surface area contributed by atoms with Crippen molar-refractivity contribution in [1.29, 1.82) is 0 Å². The molecule has 0 aliphatic carbocycles. The minimum atomic E-state index is 0.152. The van der Waals surface area contributed by atoms with Gasteiger partial charge in [-0.25, -0.2) is 9.67 Å². The molecule has 1 atom stereocenters. The summed E-state index contributed by atoms with van der Waals surface area (Å²) in [4.78, 5) is 4.37. The molecule has 6 heteroatoms. The van der Waals surface area contributed by atoms with Crippen LogP contribution in [0, 0.1) is 0 Å². The van der Waals surface area contributed by atoms with Crippen molar-refractivity contribution in [2.24, 2.45) is 0 Å². The molecule has 2 heterocycles. The molecule has 25 heavy (non-hydrogen) atoms. The molecule has 0 radical (unpaired) electrons. The van der Waals surface area contributed by atoms with Crippen LogP contribution in [-0.4, -0.2) is 28.0 Å². The van der Waals surface area contributed by atoms with Crippen LogP contribution < -0.4 is 14.8 Å². The number of rotatable bonds is 5. The Bertz CT molecular complexity index is 848. The lowest BCUT2D eigenvalue weighted by Gasteiger charge is -2.20. The molecule has 128 valence electrons. The molecule has 0 fully saturated rings. The van der Waals surface area contributed by atoms with Crippen molar-refractivity contribution in [3.05, 3.63) is 66.2 Å². The van der Waals surface area contributed by atoms with Gasteiger partial charge in [0.15, 0.2) is 17.3 Å². The highest BCUT2D eigenvalue weighted by molar-refractivity contribution is 5.44. The zero-order valence-electron chi connectivity index (χ0n) is 14.1. The average Bonchev–Trinajstić information content (AvgIpc) is 3.15. The molecule has 2 aromatic carbocycles.